The van der Waals surface area contributed by atoms with Gasteiger partial charge in [-0.25, -0.2) is 0 Å². The molecule has 0 bridgehead atoms. The first-order valence-electron chi connectivity index (χ1n) is 16.4. The summed E-state index contributed by atoms with van der Waals surface area (Å²) in [7, 11) is 0. The van der Waals surface area contributed by atoms with Crippen molar-refractivity contribution < 1.29 is 33.4 Å². The minimum absolute atomic E-state index is 0.105. The van der Waals surface area contributed by atoms with E-state index in [1.54, 1.807) is 20.8 Å². The molecule has 0 fully saturated rings. The number of esters is 3. The van der Waals surface area contributed by atoms with Crippen LogP contribution in [0.2, 0.25) is 0 Å². The summed E-state index contributed by atoms with van der Waals surface area (Å²) in [6, 6.07) is 0. The lowest BCUT2D eigenvalue weighted by Crippen LogP contribution is -2.52. The molecule has 0 saturated heterocycles. The van der Waals surface area contributed by atoms with Crippen LogP contribution in [0, 0.1) is 17.8 Å². The molecule has 0 aromatic rings. The second kappa shape index (κ2) is 21.6. The van der Waals surface area contributed by atoms with Gasteiger partial charge in [0.15, 0.2) is 0 Å². The fourth-order valence-corrected chi connectivity index (χ4v) is 4.96. The number of unbranched alkanes of at least 4 members (excludes halogenated alkanes) is 3. The smallest absolute Gasteiger partial charge is 0.312 e. The number of ether oxygens (including phenoxy) is 3. The molecular formula is C33H61NO7. The molecule has 0 N–H and O–H groups in total. The van der Waals surface area contributed by atoms with Crippen molar-refractivity contribution in [1.82, 2.24) is 4.90 Å². The minimum Gasteiger partial charge on any atom is -0.461 e. The third-order valence-electron chi connectivity index (χ3n) is 7.76. The predicted molar refractivity (Wildman–Crippen MR) is 163 cm³/mol. The number of hydrogen-bond acceptors (Lipinski definition) is 7. The molecule has 0 aromatic carbocycles. The summed E-state index contributed by atoms with van der Waals surface area (Å²) in [5.74, 6) is -3.82. The first-order chi connectivity index (χ1) is 19.4. The SMILES string of the molecule is CCCC[C@H](CC)C(=O)O[C@@H](C)CN(CC(C)(OC(=O)[C@@H](CC)CCCC)OC(=O)[C@@H](CC)CCCC)C(=O)CC. The Kier molecular flexibility index (Phi) is 20.4. The first kappa shape index (κ1) is 38.9. The average molecular weight is 584 g/mol. The quantitative estimate of drug-likeness (QED) is 0.0901. The Balaban J connectivity index is 6.00. The van der Waals surface area contributed by atoms with E-state index in [0.717, 1.165) is 44.9 Å². The Morgan fingerprint density at radius 2 is 1.05 bits per heavy atom. The van der Waals surface area contributed by atoms with Crippen LogP contribution in [0.5, 0.6) is 0 Å². The molecule has 0 aliphatic carbocycles. The lowest BCUT2D eigenvalue weighted by atomic mass is 9.99. The Bertz CT molecular complexity index is 739. The molecule has 0 aromatic heterocycles. The van der Waals surface area contributed by atoms with E-state index in [1.165, 1.54) is 4.90 Å². The van der Waals surface area contributed by atoms with Gasteiger partial charge < -0.3 is 19.1 Å². The Hall–Kier alpha value is -2.12. The van der Waals surface area contributed by atoms with Gasteiger partial charge in [-0.1, -0.05) is 87.0 Å². The molecule has 0 spiro atoms. The molecular weight excluding hydrogens is 522 g/mol. The molecule has 0 aliphatic rings. The van der Waals surface area contributed by atoms with Crippen molar-refractivity contribution in [2.45, 2.75) is 158 Å². The predicted octanol–water partition coefficient (Wildman–Crippen LogP) is 7.61. The van der Waals surface area contributed by atoms with Crippen LogP contribution in [0.3, 0.4) is 0 Å². The van der Waals surface area contributed by atoms with E-state index in [1.807, 2.05) is 20.8 Å². The maximum atomic E-state index is 13.3. The van der Waals surface area contributed by atoms with Crippen molar-refractivity contribution in [1.29, 1.82) is 0 Å². The normalized spacial score (nSPS) is 14.5. The van der Waals surface area contributed by atoms with E-state index in [0.29, 0.717) is 32.1 Å². The molecule has 4 atom stereocenters. The first-order valence-corrected chi connectivity index (χ1v) is 16.4. The van der Waals surface area contributed by atoms with E-state index >= 15 is 0 Å². The van der Waals surface area contributed by atoms with Gasteiger partial charge in [0.05, 0.1) is 30.8 Å². The maximum Gasteiger partial charge on any atom is 0.312 e. The van der Waals surface area contributed by atoms with Gasteiger partial charge in [-0.3, -0.25) is 19.2 Å². The summed E-state index contributed by atoms with van der Waals surface area (Å²) < 4.78 is 17.7. The second-order valence-electron chi connectivity index (χ2n) is 11.6. The standard InChI is InChI=1S/C33H61NO7/c1-10-17-20-26(13-4)30(36)39-25(8)23-34(29(35)16-7)24-33(9,40-31(37)27(14-5)21-18-11-2)41-32(38)28(15-6)22-19-12-3/h25-28H,10-24H2,1-9H3/t25-,26-,27-,28-/m0/s1. The monoisotopic (exact) mass is 583 g/mol. The van der Waals surface area contributed by atoms with E-state index in [2.05, 4.69) is 20.8 Å². The van der Waals surface area contributed by atoms with Crippen LogP contribution in [0.25, 0.3) is 0 Å². The van der Waals surface area contributed by atoms with Gasteiger partial charge >= 0.3 is 17.9 Å². The number of rotatable bonds is 23. The maximum absolute atomic E-state index is 13.3. The highest BCUT2D eigenvalue weighted by molar-refractivity contribution is 5.77. The van der Waals surface area contributed by atoms with Crippen molar-refractivity contribution in [3.05, 3.63) is 0 Å². The highest BCUT2D eigenvalue weighted by Crippen LogP contribution is 2.26. The van der Waals surface area contributed by atoms with Crippen LogP contribution in [0.1, 0.15) is 146 Å². The van der Waals surface area contributed by atoms with Crippen molar-refractivity contribution in [3.8, 4) is 0 Å². The number of hydrogen-bond donors (Lipinski definition) is 0. The zero-order valence-corrected chi connectivity index (χ0v) is 27.7. The Morgan fingerprint density at radius 1 is 0.659 bits per heavy atom. The summed E-state index contributed by atoms with van der Waals surface area (Å²) in [6.45, 7) is 17.1. The summed E-state index contributed by atoms with van der Waals surface area (Å²) >= 11 is 0. The fraction of sp³-hybridized carbons (Fsp3) is 0.879. The van der Waals surface area contributed by atoms with E-state index < -0.39 is 23.8 Å². The summed E-state index contributed by atoms with van der Waals surface area (Å²) in [5.41, 5.74) is 0. The average Bonchev–Trinajstić information content (AvgIpc) is 2.93. The highest BCUT2D eigenvalue weighted by atomic mass is 16.7. The Labute approximate surface area is 250 Å². The molecule has 0 unspecified atom stereocenters. The van der Waals surface area contributed by atoms with Gasteiger partial charge in [-0.15, -0.1) is 0 Å². The van der Waals surface area contributed by atoms with Crippen LogP contribution < -0.4 is 0 Å². The molecule has 0 heterocycles. The third kappa shape index (κ3) is 15.1. The number of carbonyl (C=O) groups is 4. The van der Waals surface area contributed by atoms with Crippen LogP contribution in [-0.4, -0.2) is 53.7 Å². The van der Waals surface area contributed by atoms with Crippen LogP contribution in [0.15, 0.2) is 0 Å². The minimum atomic E-state index is -1.67. The molecule has 240 valence electrons. The molecule has 8 nitrogen and oxygen atoms in total. The van der Waals surface area contributed by atoms with Crippen LogP contribution in [0.4, 0.5) is 0 Å². The highest BCUT2D eigenvalue weighted by Gasteiger charge is 2.40. The van der Waals surface area contributed by atoms with Crippen LogP contribution in [-0.2, 0) is 33.4 Å². The van der Waals surface area contributed by atoms with Gasteiger partial charge in [-0.2, -0.15) is 0 Å². The summed E-state index contributed by atoms with van der Waals surface area (Å²) in [6.07, 6.45) is 9.32. The fourth-order valence-electron chi connectivity index (χ4n) is 4.96. The van der Waals surface area contributed by atoms with E-state index in [4.69, 9.17) is 14.2 Å². The molecule has 0 rings (SSSR count). The molecule has 1 amide bonds. The largest absolute Gasteiger partial charge is 0.461 e. The third-order valence-corrected chi connectivity index (χ3v) is 7.76. The number of nitrogens with zero attached hydrogens (tertiary/aromatic N) is 1. The van der Waals surface area contributed by atoms with Crippen LogP contribution >= 0.6 is 0 Å². The number of carbonyl (C=O) groups excluding carboxylic acids is 4. The lowest BCUT2D eigenvalue weighted by Gasteiger charge is -2.37. The Morgan fingerprint density at radius 3 is 1.39 bits per heavy atom. The summed E-state index contributed by atoms with van der Waals surface area (Å²) in [5, 5.41) is 0. The van der Waals surface area contributed by atoms with Crippen molar-refractivity contribution in [3.63, 3.8) is 0 Å². The van der Waals surface area contributed by atoms with E-state index in [-0.39, 0.29) is 49.1 Å². The van der Waals surface area contributed by atoms with Crippen molar-refractivity contribution in [2.75, 3.05) is 13.1 Å². The molecule has 0 aliphatic heterocycles. The number of amides is 1. The van der Waals surface area contributed by atoms with Gasteiger partial charge in [0.1, 0.15) is 6.10 Å². The van der Waals surface area contributed by atoms with Crippen molar-refractivity contribution in [2.24, 2.45) is 17.8 Å². The van der Waals surface area contributed by atoms with Gasteiger partial charge in [0.2, 0.25) is 5.91 Å². The van der Waals surface area contributed by atoms with Gasteiger partial charge in [0, 0.05) is 13.3 Å². The topological polar surface area (TPSA) is 99.2 Å². The zero-order chi connectivity index (χ0) is 31.4. The van der Waals surface area contributed by atoms with E-state index in [9.17, 15) is 19.2 Å². The zero-order valence-electron chi connectivity index (χ0n) is 27.7. The lowest BCUT2D eigenvalue weighted by molar-refractivity contribution is -0.234. The molecule has 0 radical (unpaired) electrons. The van der Waals surface area contributed by atoms with Gasteiger partial charge in [0.25, 0.3) is 5.79 Å². The molecule has 8 heteroatoms. The molecule has 0 saturated carbocycles. The van der Waals surface area contributed by atoms with Gasteiger partial charge in [-0.05, 0) is 45.4 Å². The van der Waals surface area contributed by atoms with Crippen molar-refractivity contribution >= 4 is 23.8 Å². The summed E-state index contributed by atoms with van der Waals surface area (Å²) in [4.78, 5) is 54.0. The second-order valence-corrected chi connectivity index (χ2v) is 11.6. The molecule has 41 heavy (non-hydrogen) atoms.